The van der Waals surface area contributed by atoms with Crippen LogP contribution < -0.4 is 9.05 Å². The maximum atomic E-state index is 12.2. The lowest BCUT2D eigenvalue weighted by Gasteiger charge is -2.22. The number of fused-ring (bicyclic) bond motifs is 2. The van der Waals surface area contributed by atoms with Gasteiger partial charge in [-0.2, -0.15) is 0 Å². The van der Waals surface area contributed by atoms with Gasteiger partial charge in [0.05, 0.1) is 6.66 Å². The summed E-state index contributed by atoms with van der Waals surface area (Å²) in [6, 6.07) is 3.38. The van der Waals surface area contributed by atoms with Gasteiger partial charge < -0.3 is 9.05 Å². The first-order chi connectivity index (χ1) is 8.64. The van der Waals surface area contributed by atoms with Crippen LogP contribution in [0.2, 0.25) is 0 Å². The van der Waals surface area contributed by atoms with Gasteiger partial charge >= 0.3 is 7.60 Å². The summed E-state index contributed by atoms with van der Waals surface area (Å²) in [5.41, 5.74) is 1.74. The molecule has 0 bridgehead atoms. The minimum Gasteiger partial charge on any atom is -0.416 e. The fourth-order valence-electron chi connectivity index (χ4n) is 1.85. The zero-order valence-corrected chi connectivity index (χ0v) is 10.6. The first-order valence-corrected chi connectivity index (χ1v) is 7.45. The van der Waals surface area contributed by atoms with E-state index < -0.39 is 7.60 Å². The maximum Gasteiger partial charge on any atom is 0.427 e. The van der Waals surface area contributed by atoms with Gasteiger partial charge in [0.15, 0.2) is 0 Å². The molecule has 0 aromatic carbocycles. The van der Waals surface area contributed by atoms with Crippen molar-refractivity contribution in [2.75, 3.05) is 6.66 Å². The van der Waals surface area contributed by atoms with E-state index in [0.29, 0.717) is 17.9 Å². The van der Waals surface area contributed by atoms with E-state index in [1.807, 2.05) is 0 Å². The molecule has 0 unspecified atom stereocenters. The molecule has 0 aliphatic carbocycles. The molecule has 6 heteroatoms. The molecular weight excluding hydrogens is 251 g/mol. The Kier molecular flexibility index (Phi) is 2.56. The zero-order chi connectivity index (χ0) is 12.6. The first-order valence-electron chi connectivity index (χ1n) is 5.46. The SMILES string of the molecule is CP1(=O)Oc2ccncc2Cc2cnccc2O1. The van der Waals surface area contributed by atoms with E-state index in [1.165, 1.54) is 6.66 Å². The molecule has 3 rings (SSSR count). The van der Waals surface area contributed by atoms with Gasteiger partial charge in [0, 0.05) is 42.3 Å². The van der Waals surface area contributed by atoms with E-state index in [4.69, 9.17) is 9.05 Å². The highest BCUT2D eigenvalue weighted by atomic mass is 31.2. The molecule has 0 saturated heterocycles. The van der Waals surface area contributed by atoms with Gasteiger partial charge in [0.2, 0.25) is 0 Å². The van der Waals surface area contributed by atoms with Crippen LogP contribution in [0.5, 0.6) is 11.5 Å². The Bertz CT molecular complexity index is 593. The minimum atomic E-state index is -3.18. The molecule has 0 amide bonds. The van der Waals surface area contributed by atoms with E-state index in [9.17, 15) is 4.57 Å². The molecule has 1 aliphatic heterocycles. The fourth-order valence-corrected chi connectivity index (χ4v) is 2.96. The van der Waals surface area contributed by atoms with Crippen LogP contribution in [-0.2, 0) is 11.0 Å². The van der Waals surface area contributed by atoms with Crippen LogP contribution in [0.15, 0.2) is 36.9 Å². The summed E-state index contributed by atoms with van der Waals surface area (Å²) in [5, 5.41) is 0. The molecule has 0 fully saturated rings. The summed E-state index contributed by atoms with van der Waals surface area (Å²) in [6.45, 7) is 1.45. The van der Waals surface area contributed by atoms with Gasteiger partial charge in [-0.05, 0) is 12.1 Å². The normalized spacial score (nSPS) is 16.3. The molecule has 3 heterocycles. The van der Waals surface area contributed by atoms with Crippen molar-refractivity contribution < 1.29 is 13.6 Å². The second kappa shape index (κ2) is 4.10. The Hall–Kier alpha value is -1.87. The number of rotatable bonds is 0. The maximum absolute atomic E-state index is 12.2. The standard InChI is InChI=1S/C12H11N2O3P/c1-18(15)16-11-2-4-13-7-9(11)6-10-8-14-5-3-12(10)17-18/h2-5,7-8H,6H2,1H3. The minimum absolute atomic E-state index is 0.547. The van der Waals surface area contributed by atoms with Crippen LogP contribution in [0.25, 0.3) is 0 Å². The molecule has 2 aromatic heterocycles. The summed E-state index contributed by atoms with van der Waals surface area (Å²) in [7, 11) is -3.18. The Balaban J connectivity index is 2.17. The molecule has 0 atom stereocenters. The van der Waals surface area contributed by atoms with Crippen LogP contribution in [0.4, 0.5) is 0 Å². The molecule has 18 heavy (non-hydrogen) atoms. The third-order valence-electron chi connectivity index (χ3n) is 2.63. The average Bonchev–Trinajstić information content (AvgIpc) is 2.31. The second-order valence-electron chi connectivity index (χ2n) is 4.10. The second-order valence-corrected chi connectivity index (χ2v) is 6.01. The monoisotopic (exact) mass is 262 g/mol. The third-order valence-corrected chi connectivity index (χ3v) is 3.68. The number of hydrogen-bond donors (Lipinski definition) is 0. The zero-order valence-electron chi connectivity index (χ0n) is 9.74. The number of pyridine rings is 2. The van der Waals surface area contributed by atoms with Crippen LogP contribution >= 0.6 is 7.60 Å². The largest absolute Gasteiger partial charge is 0.427 e. The van der Waals surface area contributed by atoms with Crippen LogP contribution in [0.3, 0.4) is 0 Å². The van der Waals surface area contributed by atoms with E-state index in [1.54, 1.807) is 36.9 Å². The molecule has 0 radical (unpaired) electrons. The Morgan fingerprint density at radius 3 is 2.06 bits per heavy atom. The summed E-state index contributed by atoms with van der Waals surface area (Å²) < 4.78 is 23.2. The Morgan fingerprint density at radius 2 is 1.56 bits per heavy atom. The molecule has 1 aliphatic rings. The summed E-state index contributed by atoms with van der Waals surface area (Å²) in [4.78, 5) is 8.12. The number of nitrogens with zero attached hydrogens (tertiary/aromatic N) is 2. The topological polar surface area (TPSA) is 61.3 Å². The predicted octanol–water partition coefficient (Wildman–Crippen LogP) is 2.66. The van der Waals surface area contributed by atoms with Crippen molar-refractivity contribution in [1.82, 2.24) is 9.97 Å². The Morgan fingerprint density at radius 1 is 1.06 bits per heavy atom. The van der Waals surface area contributed by atoms with Crippen molar-refractivity contribution in [3.63, 3.8) is 0 Å². The van der Waals surface area contributed by atoms with Crippen LogP contribution in [0.1, 0.15) is 11.1 Å². The molecule has 2 aromatic rings. The smallest absolute Gasteiger partial charge is 0.416 e. The first kappa shape index (κ1) is 11.2. The highest BCUT2D eigenvalue weighted by Gasteiger charge is 2.26. The van der Waals surface area contributed by atoms with E-state index in [2.05, 4.69) is 9.97 Å². The lowest BCUT2D eigenvalue weighted by Crippen LogP contribution is -2.07. The molecular formula is C12H11N2O3P. The number of aromatic nitrogens is 2. The van der Waals surface area contributed by atoms with Gasteiger partial charge in [0.25, 0.3) is 0 Å². The average molecular weight is 262 g/mol. The van der Waals surface area contributed by atoms with E-state index >= 15 is 0 Å². The van der Waals surface area contributed by atoms with Crippen molar-refractivity contribution in [2.24, 2.45) is 0 Å². The summed E-state index contributed by atoms with van der Waals surface area (Å²) in [6.07, 6.45) is 7.20. The molecule has 92 valence electrons. The van der Waals surface area contributed by atoms with Gasteiger partial charge in [-0.25, -0.2) is 4.57 Å². The van der Waals surface area contributed by atoms with Crippen molar-refractivity contribution in [2.45, 2.75) is 6.42 Å². The lowest BCUT2D eigenvalue weighted by molar-refractivity contribution is 0.386. The summed E-state index contributed by atoms with van der Waals surface area (Å²) in [5.74, 6) is 1.09. The van der Waals surface area contributed by atoms with Gasteiger partial charge in [-0.1, -0.05) is 0 Å². The van der Waals surface area contributed by atoms with Crippen molar-refractivity contribution >= 4 is 7.60 Å². The van der Waals surface area contributed by atoms with Crippen molar-refractivity contribution in [3.8, 4) is 11.5 Å². The lowest BCUT2D eigenvalue weighted by atomic mass is 10.1. The molecule has 0 saturated carbocycles. The Labute approximate surface area is 104 Å². The van der Waals surface area contributed by atoms with Crippen molar-refractivity contribution in [1.29, 1.82) is 0 Å². The highest BCUT2D eigenvalue weighted by Crippen LogP contribution is 2.48. The van der Waals surface area contributed by atoms with E-state index in [-0.39, 0.29) is 0 Å². The highest BCUT2D eigenvalue weighted by molar-refractivity contribution is 7.53. The van der Waals surface area contributed by atoms with Gasteiger partial charge in [-0.15, -0.1) is 0 Å². The van der Waals surface area contributed by atoms with Gasteiger partial charge in [0.1, 0.15) is 11.5 Å². The molecule has 0 N–H and O–H groups in total. The van der Waals surface area contributed by atoms with Crippen LogP contribution in [0, 0.1) is 0 Å². The molecule has 5 nitrogen and oxygen atoms in total. The molecule has 0 spiro atoms. The van der Waals surface area contributed by atoms with Gasteiger partial charge in [-0.3, -0.25) is 9.97 Å². The summed E-state index contributed by atoms with van der Waals surface area (Å²) >= 11 is 0. The third kappa shape index (κ3) is 2.09. The predicted molar refractivity (Wildman–Crippen MR) is 66.1 cm³/mol. The number of hydrogen-bond acceptors (Lipinski definition) is 5. The van der Waals surface area contributed by atoms with Crippen LogP contribution in [-0.4, -0.2) is 16.6 Å². The van der Waals surface area contributed by atoms with E-state index in [0.717, 1.165) is 11.1 Å². The quantitative estimate of drug-likeness (QED) is 0.683. The fraction of sp³-hybridized carbons (Fsp3) is 0.167. The van der Waals surface area contributed by atoms with Crippen molar-refractivity contribution in [3.05, 3.63) is 48.0 Å².